The van der Waals surface area contributed by atoms with E-state index in [1.165, 1.54) is 11.8 Å². The summed E-state index contributed by atoms with van der Waals surface area (Å²) in [4.78, 5) is 10.6. The number of anilines is 1. The van der Waals surface area contributed by atoms with E-state index in [9.17, 15) is 9.50 Å². The normalized spacial score (nSPS) is 22.4. The fraction of sp³-hybridized carbons (Fsp3) is 0.467. The number of nitrogens with zero attached hydrogens (tertiary/aromatic N) is 3. The maximum atomic E-state index is 14.4. The lowest BCUT2D eigenvalue weighted by Crippen LogP contribution is -2.64. The highest BCUT2D eigenvalue weighted by Crippen LogP contribution is 2.49. The number of halogens is 1. The van der Waals surface area contributed by atoms with Gasteiger partial charge in [-0.15, -0.1) is 0 Å². The van der Waals surface area contributed by atoms with Crippen LogP contribution in [0.1, 0.15) is 56.4 Å². The minimum atomic E-state index is -0.478. The zero-order valence-corrected chi connectivity index (χ0v) is 21.9. The smallest absolute Gasteiger partial charge is 0.225 e. The molecule has 1 saturated heterocycles. The molecule has 7 nitrogen and oxygen atoms in total. The van der Waals surface area contributed by atoms with Gasteiger partial charge in [0, 0.05) is 30.0 Å². The van der Waals surface area contributed by atoms with E-state index >= 15 is 0 Å². The fourth-order valence-corrected chi connectivity index (χ4v) is 5.88. The predicted molar refractivity (Wildman–Crippen MR) is 143 cm³/mol. The SMILES string of the molecule is CC(C)(c1ccc(OCc2nc(N3CC4(CC(O)C4)C3)ncc2F)cc1)c1ccc(OC2CC(N)C2)cc1. The Morgan fingerprint density at radius 2 is 1.63 bits per heavy atom. The van der Waals surface area contributed by atoms with Gasteiger partial charge in [0.05, 0.1) is 12.3 Å². The maximum Gasteiger partial charge on any atom is 0.225 e. The molecule has 3 aromatic rings. The summed E-state index contributed by atoms with van der Waals surface area (Å²) < 4.78 is 26.3. The molecule has 0 amide bonds. The Morgan fingerprint density at radius 3 is 2.21 bits per heavy atom. The van der Waals surface area contributed by atoms with Crippen LogP contribution < -0.4 is 20.1 Å². The molecule has 200 valence electrons. The molecule has 3 aliphatic rings. The Kier molecular flexibility index (Phi) is 6.27. The van der Waals surface area contributed by atoms with Gasteiger partial charge in [-0.25, -0.2) is 14.4 Å². The Balaban J connectivity index is 1.06. The van der Waals surface area contributed by atoms with Crippen LogP contribution in [0.5, 0.6) is 11.5 Å². The van der Waals surface area contributed by atoms with E-state index in [1.54, 1.807) is 0 Å². The standard InChI is InChI=1S/C30H35FN4O3/c1-29(2,20-5-9-24(10-6-20)38-25-11-21(32)12-25)19-3-7-23(8-4-19)37-16-27-26(31)15-33-28(34-27)35-17-30(18-35)13-22(36)14-30/h3-10,15,21-22,25,36H,11-14,16-18,32H2,1-2H3. The zero-order chi connectivity index (χ0) is 26.5. The molecule has 1 spiro atoms. The van der Waals surface area contributed by atoms with Gasteiger partial charge in [0.15, 0.2) is 5.82 Å². The van der Waals surface area contributed by atoms with Crippen LogP contribution in [0.15, 0.2) is 54.7 Å². The minimum Gasteiger partial charge on any atom is -0.490 e. The van der Waals surface area contributed by atoms with Crippen LogP contribution in [0.25, 0.3) is 0 Å². The van der Waals surface area contributed by atoms with E-state index in [0.29, 0.717) is 11.7 Å². The largest absolute Gasteiger partial charge is 0.490 e. The van der Waals surface area contributed by atoms with Crippen molar-refractivity contribution in [2.45, 2.75) is 69.8 Å². The predicted octanol–water partition coefficient (Wildman–Crippen LogP) is 4.35. The van der Waals surface area contributed by atoms with Gasteiger partial charge in [-0.1, -0.05) is 38.1 Å². The molecule has 0 unspecified atom stereocenters. The van der Waals surface area contributed by atoms with Crippen molar-refractivity contribution in [3.63, 3.8) is 0 Å². The van der Waals surface area contributed by atoms with Crippen LogP contribution in [0.4, 0.5) is 10.3 Å². The van der Waals surface area contributed by atoms with Crippen molar-refractivity contribution in [1.29, 1.82) is 0 Å². The molecule has 0 bridgehead atoms. The molecule has 2 aromatic carbocycles. The summed E-state index contributed by atoms with van der Waals surface area (Å²) in [6.45, 7) is 6.00. The fourth-order valence-electron chi connectivity index (χ4n) is 5.88. The molecule has 0 atom stereocenters. The molecule has 6 rings (SSSR count). The number of benzene rings is 2. The third-order valence-corrected chi connectivity index (χ3v) is 8.44. The van der Waals surface area contributed by atoms with Gasteiger partial charge in [0.1, 0.15) is 29.9 Å². The van der Waals surface area contributed by atoms with Gasteiger partial charge in [0.2, 0.25) is 5.95 Å². The summed E-state index contributed by atoms with van der Waals surface area (Å²) >= 11 is 0. The summed E-state index contributed by atoms with van der Waals surface area (Å²) in [5, 5.41) is 9.61. The molecule has 3 fully saturated rings. The number of aromatic nitrogens is 2. The number of rotatable bonds is 8. The van der Waals surface area contributed by atoms with Crippen molar-refractivity contribution < 1.29 is 19.0 Å². The lowest BCUT2D eigenvalue weighted by Gasteiger charge is -2.57. The number of hydrogen-bond acceptors (Lipinski definition) is 7. The van der Waals surface area contributed by atoms with E-state index in [-0.39, 0.29) is 41.4 Å². The van der Waals surface area contributed by atoms with E-state index in [4.69, 9.17) is 15.2 Å². The second-order valence-electron chi connectivity index (χ2n) is 11.8. The monoisotopic (exact) mass is 518 g/mol. The first-order valence-electron chi connectivity index (χ1n) is 13.4. The average molecular weight is 519 g/mol. The molecule has 2 aliphatic carbocycles. The Labute approximate surface area is 222 Å². The number of aliphatic hydroxyl groups excluding tert-OH is 1. The Hall–Kier alpha value is -3.23. The second-order valence-corrected chi connectivity index (χ2v) is 11.8. The van der Waals surface area contributed by atoms with Crippen LogP contribution in [-0.2, 0) is 12.0 Å². The Morgan fingerprint density at radius 1 is 1.03 bits per heavy atom. The van der Waals surface area contributed by atoms with Crippen molar-refractivity contribution in [1.82, 2.24) is 9.97 Å². The van der Waals surface area contributed by atoms with Crippen molar-refractivity contribution in [2.75, 3.05) is 18.0 Å². The van der Waals surface area contributed by atoms with Gasteiger partial charge < -0.3 is 25.2 Å². The average Bonchev–Trinajstić information content (AvgIpc) is 2.85. The third kappa shape index (κ3) is 4.83. The summed E-state index contributed by atoms with van der Waals surface area (Å²) in [6, 6.07) is 16.5. The first-order chi connectivity index (χ1) is 18.2. The number of hydrogen-bond donors (Lipinski definition) is 2. The molecule has 1 aliphatic heterocycles. The first-order valence-corrected chi connectivity index (χ1v) is 13.4. The topological polar surface area (TPSA) is 93.7 Å². The molecule has 2 saturated carbocycles. The second kappa shape index (κ2) is 9.50. The molecule has 1 aromatic heterocycles. The Bertz CT molecular complexity index is 1280. The van der Waals surface area contributed by atoms with Gasteiger partial charge in [-0.2, -0.15) is 0 Å². The van der Waals surface area contributed by atoms with Crippen LogP contribution in [-0.4, -0.2) is 46.4 Å². The zero-order valence-electron chi connectivity index (χ0n) is 21.9. The molecule has 8 heteroatoms. The molecule has 0 radical (unpaired) electrons. The molecular weight excluding hydrogens is 483 g/mol. The quantitative estimate of drug-likeness (QED) is 0.458. The van der Waals surface area contributed by atoms with E-state index in [1.807, 2.05) is 41.3 Å². The highest BCUT2D eigenvalue weighted by molar-refractivity contribution is 5.42. The third-order valence-electron chi connectivity index (χ3n) is 8.44. The van der Waals surface area contributed by atoms with Crippen molar-refractivity contribution in [2.24, 2.45) is 11.1 Å². The minimum absolute atomic E-state index is 0.0230. The summed E-state index contributed by atoms with van der Waals surface area (Å²) in [5.41, 5.74) is 8.39. The number of aliphatic hydroxyl groups is 1. The molecule has 2 heterocycles. The van der Waals surface area contributed by atoms with E-state index < -0.39 is 5.82 Å². The van der Waals surface area contributed by atoms with E-state index in [2.05, 4.69) is 35.9 Å². The summed E-state index contributed by atoms with van der Waals surface area (Å²) in [7, 11) is 0. The number of nitrogens with two attached hydrogens (primary N) is 1. The van der Waals surface area contributed by atoms with Crippen molar-refractivity contribution in [3.8, 4) is 11.5 Å². The van der Waals surface area contributed by atoms with Gasteiger partial charge in [-0.3, -0.25) is 0 Å². The lowest BCUT2D eigenvalue weighted by atomic mass is 9.62. The van der Waals surface area contributed by atoms with Crippen LogP contribution in [0.2, 0.25) is 0 Å². The summed E-state index contributed by atoms with van der Waals surface area (Å²) in [6.07, 6.45) is 4.72. The maximum absolute atomic E-state index is 14.4. The first kappa shape index (κ1) is 25.1. The highest BCUT2D eigenvalue weighted by Gasteiger charge is 2.52. The van der Waals surface area contributed by atoms with E-state index in [0.717, 1.165) is 50.1 Å². The highest BCUT2D eigenvalue weighted by atomic mass is 19.1. The van der Waals surface area contributed by atoms with Crippen LogP contribution >= 0.6 is 0 Å². The molecular formula is C30H35FN4O3. The summed E-state index contributed by atoms with van der Waals surface area (Å²) in [5.74, 6) is 1.56. The molecule has 38 heavy (non-hydrogen) atoms. The number of ether oxygens (including phenoxy) is 2. The van der Waals surface area contributed by atoms with Crippen molar-refractivity contribution in [3.05, 3.63) is 77.4 Å². The van der Waals surface area contributed by atoms with Gasteiger partial charge in [-0.05, 0) is 61.1 Å². The lowest BCUT2D eigenvalue weighted by molar-refractivity contribution is -0.0497. The van der Waals surface area contributed by atoms with Crippen LogP contribution in [0.3, 0.4) is 0 Å². The van der Waals surface area contributed by atoms with Crippen LogP contribution in [0, 0.1) is 11.2 Å². The molecule has 3 N–H and O–H groups in total. The van der Waals surface area contributed by atoms with Crippen molar-refractivity contribution >= 4 is 5.95 Å². The van der Waals surface area contributed by atoms with Gasteiger partial charge in [0.25, 0.3) is 0 Å². The van der Waals surface area contributed by atoms with Gasteiger partial charge >= 0.3 is 0 Å².